The van der Waals surface area contributed by atoms with Crippen LogP contribution in [0.5, 0.6) is 0 Å². The molecule has 4 heteroatoms. The molecule has 1 atom stereocenters. The van der Waals surface area contributed by atoms with Crippen LogP contribution in [0.3, 0.4) is 0 Å². The lowest BCUT2D eigenvalue weighted by Crippen LogP contribution is -2.38. The number of nitrogens with one attached hydrogen (secondary N) is 1. The number of rotatable bonds is 3. The zero-order chi connectivity index (χ0) is 13.2. The van der Waals surface area contributed by atoms with Crippen molar-refractivity contribution >= 4 is 27.0 Å². The molecule has 1 aliphatic heterocycles. The van der Waals surface area contributed by atoms with Crippen molar-refractivity contribution in [2.45, 2.75) is 45.2 Å². The average Bonchev–Trinajstić information content (AvgIpc) is 2.77. The van der Waals surface area contributed by atoms with Gasteiger partial charge in [-0.25, -0.2) is 4.98 Å². The molecule has 0 amide bonds. The fraction of sp³-hybridized carbons (Fsp3) is 0.533. The second kappa shape index (κ2) is 5.63. The number of hydrogen-bond donors (Lipinski definition) is 1. The first kappa shape index (κ1) is 13.1. The van der Waals surface area contributed by atoms with Gasteiger partial charge in [-0.1, -0.05) is 13.3 Å². The molecule has 0 aliphatic carbocycles. The Morgan fingerprint density at radius 1 is 1.47 bits per heavy atom. The van der Waals surface area contributed by atoms with E-state index in [4.69, 9.17) is 0 Å². The number of nitrogens with zero attached hydrogens (tertiary/aromatic N) is 2. The smallest absolute Gasteiger partial charge is 0.138 e. The van der Waals surface area contributed by atoms with E-state index in [0.29, 0.717) is 0 Å². The first-order chi connectivity index (χ1) is 9.29. The summed E-state index contributed by atoms with van der Waals surface area (Å²) < 4.78 is 1.18. The van der Waals surface area contributed by atoms with Gasteiger partial charge >= 0.3 is 0 Å². The number of aromatic nitrogens is 2. The molecule has 3 heterocycles. The Bertz CT molecular complexity index is 564. The highest BCUT2D eigenvalue weighted by molar-refractivity contribution is 9.10. The van der Waals surface area contributed by atoms with Gasteiger partial charge in [0.1, 0.15) is 5.65 Å². The van der Waals surface area contributed by atoms with Crippen molar-refractivity contribution in [1.29, 1.82) is 0 Å². The number of fused-ring (bicyclic) bond motifs is 1. The van der Waals surface area contributed by atoms with Crippen LogP contribution in [0.15, 0.2) is 22.8 Å². The summed E-state index contributed by atoms with van der Waals surface area (Å²) in [6.07, 6.45) is 7.13. The summed E-state index contributed by atoms with van der Waals surface area (Å²) in [5, 5.41) is 1.18. The van der Waals surface area contributed by atoms with Crippen LogP contribution in [-0.4, -0.2) is 27.5 Å². The highest BCUT2D eigenvalue weighted by Gasteiger charge is 2.22. The number of halogens is 1. The number of aromatic amines is 1. The first-order valence-corrected chi connectivity index (χ1v) is 7.94. The van der Waals surface area contributed by atoms with Crippen LogP contribution >= 0.6 is 15.9 Å². The molecule has 3 rings (SSSR count). The molecule has 0 aromatic carbocycles. The maximum absolute atomic E-state index is 4.39. The van der Waals surface area contributed by atoms with Gasteiger partial charge in [-0.15, -0.1) is 0 Å². The number of hydrogen-bond acceptors (Lipinski definition) is 2. The van der Waals surface area contributed by atoms with Crippen LogP contribution in [0, 0.1) is 0 Å². The van der Waals surface area contributed by atoms with Crippen molar-refractivity contribution in [2.75, 3.05) is 6.54 Å². The molecule has 1 unspecified atom stereocenters. The number of piperidine rings is 1. The summed E-state index contributed by atoms with van der Waals surface area (Å²) >= 11 is 3.72. The molecule has 0 radical (unpaired) electrons. The molecular formula is C15H20BrN3. The van der Waals surface area contributed by atoms with E-state index in [1.807, 2.05) is 12.3 Å². The summed E-state index contributed by atoms with van der Waals surface area (Å²) in [5.41, 5.74) is 2.24. The molecule has 2 aromatic heterocycles. The first-order valence-electron chi connectivity index (χ1n) is 7.14. The summed E-state index contributed by atoms with van der Waals surface area (Å²) in [6, 6.07) is 4.83. The lowest BCUT2D eigenvalue weighted by atomic mass is 10.00. The largest absolute Gasteiger partial charge is 0.341 e. The molecule has 1 fully saturated rings. The topological polar surface area (TPSA) is 31.9 Å². The average molecular weight is 322 g/mol. The van der Waals surface area contributed by atoms with E-state index in [9.17, 15) is 0 Å². The fourth-order valence-electron chi connectivity index (χ4n) is 3.08. The van der Waals surface area contributed by atoms with Crippen LogP contribution in [0.1, 0.15) is 38.3 Å². The summed E-state index contributed by atoms with van der Waals surface area (Å²) in [5.74, 6) is 0. The van der Waals surface area contributed by atoms with Gasteiger partial charge in [-0.05, 0) is 53.9 Å². The zero-order valence-electron chi connectivity index (χ0n) is 11.3. The zero-order valence-corrected chi connectivity index (χ0v) is 12.9. The summed E-state index contributed by atoms with van der Waals surface area (Å²) in [7, 11) is 0. The Hall–Kier alpha value is -0.870. The van der Waals surface area contributed by atoms with E-state index in [2.05, 4.69) is 43.8 Å². The fourth-order valence-corrected chi connectivity index (χ4v) is 3.63. The Labute approximate surface area is 122 Å². The molecule has 1 N–H and O–H groups in total. The van der Waals surface area contributed by atoms with E-state index in [0.717, 1.165) is 18.2 Å². The normalized spacial score (nSPS) is 21.1. The molecule has 102 valence electrons. The third-order valence-corrected chi connectivity index (χ3v) is 5.07. The quantitative estimate of drug-likeness (QED) is 0.923. The van der Waals surface area contributed by atoms with E-state index in [1.165, 1.54) is 47.8 Å². The maximum Gasteiger partial charge on any atom is 0.138 e. The minimum Gasteiger partial charge on any atom is -0.341 e. The molecule has 2 aromatic rings. The molecule has 1 aliphatic rings. The highest BCUT2D eigenvalue weighted by atomic mass is 79.9. The highest BCUT2D eigenvalue weighted by Crippen LogP contribution is 2.29. The maximum atomic E-state index is 4.39. The van der Waals surface area contributed by atoms with Crippen molar-refractivity contribution in [2.24, 2.45) is 0 Å². The number of H-pyrrole nitrogens is 1. The van der Waals surface area contributed by atoms with Gasteiger partial charge in [0.2, 0.25) is 0 Å². The lowest BCUT2D eigenvalue weighted by Gasteiger charge is -2.34. The van der Waals surface area contributed by atoms with Crippen LogP contribution < -0.4 is 0 Å². The molecular weight excluding hydrogens is 302 g/mol. The SMILES string of the molecule is CCC1CCCCN1Cc1[nH]c2ncccc2c1Br. The van der Waals surface area contributed by atoms with Crippen molar-refractivity contribution in [3.05, 3.63) is 28.5 Å². The molecule has 19 heavy (non-hydrogen) atoms. The Balaban J connectivity index is 1.86. The van der Waals surface area contributed by atoms with Crippen LogP contribution in [0.4, 0.5) is 0 Å². The Morgan fingerprint density at radius 2 is 2.37 bits per heavy atom. The van der Waals surface area contributed by atoms with Gasteiger partial charge in [0.05, 0.1) is 0 Å². The monoisotopic (exact) mass is 321 g/mol. The van der Waals surface area contributed by atoms with E-state index in [-0.39, 0.29) is 0 Å². The Morgan fingerprint density at radius 3 is 3.16 bits per heavy atom. The molecule has 0 spiro atoms. The molecule has 3 nitrogen and oxygen atoms in total. The molecule has 1 saturated heterocycles. The lowest BCUT2D eigenvalue weighted by molar-refractivity contribution is 0.134. The number of pyridine rings is 1. The summed E-state index contributed by atoms with van der Waals surface area (Å²) in [6.45, 7) is 4.51. The number of likely N-dealkylation sites (tertiary alicyclic amines) is 1. The van der Waals surface area contributed by atoms with E-state index >= 15 is 0 Å². The third kappa shape index (κ3) is 2.56. The van der Waals surface area contributed by atoms with Gasteiger partial charge < -0.3 is 4.98 Å². The standard InChI is InChI=1S/C15H20BrN3/c1-2-11-6-3-4-9-19(11)10-13-14(16)12-7-5-8-17-15(12)18-13/h5,7-8,11H,2-4,6,9-10H2,1H3,(H,17,18). The minimum absolute atomic E-state index is 0.736. The van der Waals surface area contributed by atoms with Gasteiger partial charge in [0.15, 0.2) is 0 Å². The van der Waals surface area contributed by atoms with Crippen LogP contribution in [0.2, 0.25) is 0 Å². The second-order valence-corrected chi connectivity index (χ2v) is 6.14. The van der Waals surface area contributed by atoms with Gasteiger partial charge in [0, 0.05) is 34.3 Å². The molecule has 0 saturated carbocycles. The second-order valence-electron chi connectivity index (χ2n) is 5.35. The van der Waals surface area contributed by atoms with Crippen molar-refractivity contribution in [1.82, 2.24) is 14.9 Å². The predicted octanol–water partition coefficient (Wildman–Crippen LogP) is 4.09. The van der Waals surface area contributed by atoms with Crippen LogP contribution in [0.25, 0.3) is 11.0 Å². The molecule has 0 bridgehead atoms. The Kier molecular flexibility index (Phi) is 3.89. The summed E-state index contributed by atoms with van der Waals surface area (Å²) in [4.78, 5) is 10.5. The van der Waals surface area contributed by atoms with Gasteiger partial charge in [-0.2, -0.15) is 0 Å². The predicted molar refractivity (Wildman–Crippen MR) is 82.1 cm³/mol. The minimum atomic E-state index is 0.736. The third-order valence-electron chi connectivity index (χ3n) is 4.16. The van der Waals surface area contributed by atoms with Crippen molar-refractivity contribution in [3.8, 4) is 0 Å². The van der Waals surface area contributed by atoms with Gasteiger partial charge in [0.25, 0.3) is 0 Å². The van der Waals surface area contributed by atoms with Crippen LogP contribution in [-0.2, 0) is 6.54 Å². The van der Waals surface area contributed by atoms with E-state index < -0.39 is 0 Å². The van der Waals surface area contributed by atoms with Crippen molar-refractivity contribution < 1.29 is 0 Å². The van der Waals surface area contributed by atoms with Gasteiger partial charge in [-0.3, -0.25) is 4.90 Å². The van der Waals surface area contributed by atoms with Crippen molar-refractivity contribution in [3.63, 3.8) is 0 Å². The van der Waals surface area contributed by atoms with E-state index in [1.54, 1.807) is 0 Å².